The van der Waals surface area contributed by atoms with E-state index in [1.165, 1.54) is 17.2 Å². The SMILES string of the molecule is CC(C)Oc1cccc2ccc(-c3nnc4ccc([C@H](N5CCC(C)(N)C5)C(F)(F)F)cn34)nc12.Cl.Cl. The molecule has 1 aliphatic rings. The fourth-order valence-electron chi connectivity index (χ4n) is 4.69. The highest BCUT2D eigenvalue weighted by molar-refractivity contribution is 5.86. The van der Waals surface area contributed by atoms with Gasteiger partial charge in [-0.15, -0.1) is 35.0 Å². The maximum absolute atomic E-state index is 14.2. The zero-order valence-electron chi connectivity index (χ0n) is 20.6. The van der Waals surface area contributed by atoms with Crippen LogP contribution >= 0.6 is 24.8 Å². The molecule has 3 aromatic heterocycles. The minimum atomic E-state index is -4.47. The molecule has 1 fully saturated rings. The summed E-state index contributed by atoms with van der Waals surface area (Å²) in [7, 11) is 0. The van der Waals surface area contributed by atoms with Crippen molar-refractivity contribution in [1.29, 1.82) is 0 Å². The highest BCUT2D eigenvalue weighted by atomic mass is 35.5. The van der Waals surface area contributed by atoms with Gasteiger partial charge in [0.15, 0.2) is 11.5 Å². The maximum atomic E-state index is 14.2. The van der Waals surface area contributed by atoms with Gasteiger partial charge in [0.1, 0.15) is 23.0 Å². The van der Waals surface area contributed by atoms with Gasteiger partial charge in [-0.3, -0.25) is 9.30 Å². The number of nitrogens with two attached hydrogens (primary N) is 1. The minimum absolute atomic E-state index is 0. The van der Waals surface area contributed by atoms with Crippen LogP contribution < -0.4 is 10.5 Å². The second-order valence-corrected chi connectivity index (χ2v) is 9.72. The van der Waals surface area contributed by atoms with Crippen LogP contribution in [0.5, 0.6) is 5.75 Å². The van der Waals surface area contributed by atoms with Crippen LogP contribution in [0.25, 0.3) is 28.1 Å². The van der Waals surface area contributed by atoms with Gasteiger partial charge in [0.05, 0.1) is 6.10 Å². The molecule has 1 saturated heterocycles. The molecule has 0 bridgehead atoms. The second kappa shape index (κ2) is 10.6. The molecule has 4 heterocycles. The Balaban J connectivity index is 0.00000190. The predicted molar refractivity (Wildman–Crippen MR) is 142 cm³/mol. The molecular weight excluding hydrogens is 528 g/mol. The second-order valence-electron chi connectivity index (χ2n) is 9.72. The van der Waals surface area contributed by atoms with Crippen molar-refractivity contribution in [2.45, 2.75) is 51.1 Å². The van der Waals surface area contributed by atoms with Crippen LogP contribution in [0.1, 0.15) is 38.8 Å². The third-order valence-corrected chi connectivity index (χ3v) is 6.23. The average molecular weight is 557 g/mol. The number of fused-ring (bicyclic) bond motifs is 2. The Labute approximate surface area is 225 Å². The van der Waals surface area contributed by atoms with E-state index < -0.39 is 17.8 Å². The van der Waals surface area contributed by atoms with Gasteiger partial charge < -0.3 is 10.5 Å². The standard InChI is InChI=1S/C25H27F3N6O.2ClH/c1-15(2)35-19-6-4-5-16-7-9-18(30-21(16)19)23-32-31-20-10-8-17(13-34(20)23)22(25(26,27)28)33-12-11-24(3,29)14-33;;/h4-10,13,15,22H,11-12,14,29H2,1-3H3;2*1H/t22-,24?;;/m0../s1. The quantitative estimate of drug-likeness (QED) is 0.344. The zero-order valence-corrected chi connectivity index (χ0v) is 22.2. The van der Waals surface area contributed by atoms with Gasteiger partial charge in [-0.2, -0.15) is 13.2 Å². The Morgan fingerprint density at radius 1 is 1.05 bits per heavy atom. The third-order valence-electron chi connectivity index (χ3n) is 6.23. The van der Waals surface area contributed by atoms with E-state index in [4.69, 9.17) is 15.5 Å². The van der Waals surface area contributed by atoms with E-state index in [0.29, 0.717) is 34.9 Å². The number of hydrogen-bond donors (Lipinski definition) is 1. The number of ether oxygens (including phenoxy) is 1. The Hall–Kier alpha value is -2.66. The Morgan fingerprint density at radius 3 is 2.46 bits per heavy atom. The molecule has 1 aliphatic heterocycles. The molecule has 0 aliphatic carbocycles. The summed E-state index contributed by atoms with van der Waals surface area (Å²) in [4.78, 5) is 6.14. The first-order chi connectivity index (χ1) is 16.5. The number of benzene rings is 1. The van der Waals surface area contributed by atoms with E-state index in [1.54, 1.807) is 23.5 Å². The van der Waals surface area contributed by atoms with Crippen molar-refractivity contribution in [2.24, 2.45) is 5.73 Å². The van der Waals surface area contributed by atoms with Gasteiger partial charge >= 0.3 is 6.18 Å². The summed E-state index contributed by atoms with van der Waals surface area (Å²) in [5.74, 6) is 0.985. The van der Waals surface area contributed by atoms with Crippen molar-refractivity contribution in [3.63, 3.8) is 0 Å². The van der Waals surface area contributed by atoms with Crippen LogP contribution in [-0.2, 0) is 0 Å². The molecule has 0 amide bonds. The number of hydrogen-bond acceptors (Lipinski definition) is 6. The number of likely N-dealkylation sites (tertiary alicyclic amines) is 1. The Bertz CT molecular complexity index is 1390. The van der Waals surface area contributed by atoms with Gasteiger partial charge in [0.2, 0.25) is 0 Å². The van der Waals surface area contributed by atoms with Gasteiger partial charge in [-0.25, -0.2) is 4.98 Å². The molecule has 2 N–H and O–H groups in total. The van der Waals surface area contributed by atoms with Crippen molar-refractivity contribution in [3.8, 4) is 17.3 Å². The molecule has 12 heteroatoms. The summed E-state index contributed by atoms with van der Waals surface area (Å²) >= 11 is 0. The normalized spacial score (nSPS) is 19.1. The first-order valence-corrected chi connectivity index (χ1v) is 11.5. The zero-order chi connectivity index (χ0) is 25.0. The number of halogens is 5. The molecule has 2 atom stereocenters. The van der Waals surface area contributed by atoms with Crippen LogP contribution in [0.3, 0.4) is 0 Å². The highest BCUT2D eigenvalue weighted by Gasteiger charge is 2.48. The fraction of sp³-hybridized carbons (Fsp3) is 0.400. The third kappa shape index (κ3) is 5.77. The van der Waals surface area contributed by atoms with Crippen molar-refractivity contribution in [3.05, 3.63) is 54.2 Å². The Morgan fingerprint density at radius 2 is 1.81 bits per heavy atom. The fourth-order valence-corrected chi connectivity index (χ4v) is 4.69. The summed E-state index contributed by atoms with van der Waals surface area (Å²) in [5.41, 5.74) is 7.16. The summed E-state index contributed by atoms with van der Waals surface area (Å²) in [6.07, 6.45) is -2.55. The lowest BCUT2D eigenvalue weighted by atomic mass is 10.0. The van der Waals surface area contributed by atoms with Crippen LogP contribution in [-0.4, -0.2) is 55.4 Å². The number of rotatable bonds is 5. The van der Waals surface area contributed by atoms with Crippen LogP contribution in [0.15, 0.2) is 48.7 Å². The highest BCUT2D eigenvalue weighted by Crippen LogP contribution is 2.41. The topological polar surface area (TPSA) is 81.6 Å². The molecule has 1 unspecified atom stereocenters. The molecular formula is C25H29Cl2F3N6O. The van der Waals surface area contributed by atoms with E-state index in [9.17, 15) is 13.2 Å². The van der Waals surface area contributed by atoms with Gasteiger partial charge in [-0.1, -0.05) is 24.3 Å². The maximum Gasteiger partial charge on any atom is 0.408 e. The number of aromatic nitrogens is 4. The average Bonchev–Trinajstić information content (AvgIpc) is 3.35. The molecule has 4 aromatic rings. The van der Waals surface area contributed by atoms with Crippen LogP contribution in [0, 0.1) is 0 Å². The van der Waals surface area contributed by atoms with Gasteiger partial charge in [0, 0.05) is 30.2 Å². The van der Waals surface area contributed by atoms with E-state index >= 15 is 0 Å². The first-order valence-electron chi connectivity index (χ1n) is 11.5. The number of para-hydroxylation sites is 1. The molecule has 0 saturated carbocycles. The lowest BCUT2D eigenvalue weighted by molar-refractivity contribution is -0.184. The summed E-state index contributed by atoms with van der Waals surface area (Å²) in [5, 5.41) is 9.28. The molecule has 0 spiro atoms. The molecule has 7 nitrogen and oxygen atoms in total. The smallest absolute Gasteiger partial charge is 0.408 e. The van der Waals surface area contributed by atoms with E-state index in [-0.39, 0.29) is 49.6 Å². The van der Waals surface area contributed by atoms with Gasteiger partial charge in [-0.05, 0) is 51.0 Å². The minimum Gasteiger partial charge on any atom is -0.489 e. The monoisotopic (exact) mass is 556 g/mol. The van der Waals surface area contributed by atoms with E-state index in [1.807, 2.05) is 38.1 Å². The number of alkyl halides is 3. The van der Waals surface area contributed by atoms with Crippen molar-refractivity contribution < 1.29 is 17.9 Å². The van der Waals surface area contributed by atoms with Crippen LogP contribution in [0.4, 0.5) is 13.2 Å². The number of pyridine rings is 2. The first kappa shape index (κ1) is 28.9. The van der Waals surface area contributed by atoms with Crippen molar-refractivity contribution in [1.82, 2.24) is 24.5 Å². The van der Waals surface area contributed by atoms with E-state index in [0.717, 1.165) is 5.39 Å². The summed E-state index contributed by atoms with van der Waals surface area (Å²) in [6, 6.07) is 10.6. The predicted octanol–water partition coefficient (Wildman–Crippen LogP) is 5.60. The molecule has 0 radical (unpaired) electrons. The largest absolute Gasteiger partial charge is 0.489 e. The van der Waals surface area contributed by atoms with Crippen molar-refractivity contribution in [2.75, 3.05) is 13.1 Å². The molecule has 5 rings (SSSR count). The summed E-state index contributed by atoms with van der Waals surface area (Å²) < 4.78 is 50.2. The molecule has 37 heavy (non-hydrogen) atoms. The Kier molecular flexibility index (Phi) is 8.28. The van der Waals surface area contributed by atoms with Gasteiger partial charge in [0.25, 0.3) is 0 Å². The van der Waals surface area contributed by atoms with E-state index in [2.05, 4.69) is 10.2 Å². The number of nitrogens with zero attached hydrogens (tertiary/aromatic N) is 5. The summed E-state index contributed by atoms with van der Waals surface area (Å²) in [6.45, 7) is 6.08. The van der Waals surface area contributed by atoms with Crippen molar-refractivity contribution >= 4 is 41.4 Å². The lowest BCUT2D eigenvalue weighted by Gasteiger charge is -2.31. The lowest BCUT2D eigenvalue weighted by Crippen LogP contribution is -2.43. The molecule has 200 valence electrons. The molecule has 1 aromatic carbocycles. The van der Waals surface area contributed by atoms with Crippen LogP contribution in [0.2, 0.25) is 0 Å².